The summed E-state index contributed by atoms with van der Waals surface area (Å²) in [5, 5.41) is 10.5. The van der Waals surface area contributed by atoms with E-state index in [1.165, 1.54) is 0 Å². The van der Waals surface area contributed by atoms with Crippen molar-refractivity contribution in [3.05, 3.63) is 65.7 Å². The van der Waals surface area contributed by atoms with Gasteiger partial charge in [0.2, 0.25) is 0 Å². The highest BCUT2D eigenvalue weighted by molar-refractivity contribution is 5.31. The average molecular weight is 270 g/mol. The third-order valence-corrected chi connectivity index (χ3v) is 3.49. The second-order valence-electron chi connectivity index (χ2n) is 5.06. The fraction of sp³-hybridized carbons (Fsp3) is 0.333. The van der Waals surface area contributed by atoms with Crippen molar-refractivity contribution in [1.82, 2.24) is 0 Å². The Hall–Kier alpha value is -1.80. The van der Waals surface area contributed by atoms with Gasteiger partial charge in [-0.3, -0.25) is 0 Å². The number of hydrogen-bond donors (Lipinski definition) is 1. The van der Waals surface area contributed by atoms with Gasteiger partial charge in [0, 0.05) is 5.92 Å². The number of rotatable bonds is 6. The number of hydrogen-bond acceptors (Lipinski definition) is 2. The molecule has 0 saturated carbocycles. The van der Waals surface area contributed by atoms with Crippen LogP contribution in [0.3, 0.4) is 0 Å². The first-order chi connectivity index (χ1) is 9.72. The van der Waals surface area contributed by atoms with Crippen LogP contribution in [0.15, 0.2) is 54.6 Å². The Morgan fingerprint density at radius 3 is 2.20 bits per heavy atom. The van der Waals surface area contributed by atoms with Crippen LogP contribution in [0.25, 0.3) is 0 Å². The van der Waals surface area contributed by atoms with Gasteiger partial charge in [-0.05, 0) is 29.7 Å². The van der Waals surface area contributed by atoms with Crippen molar-refractivity contribution < 1.29 is 9.84 Å². The first-order valence-electron chi connectivity index (χ1n) is 7.18. The quantitative estimate of drug-likeness (QED) is 0.847. The van der Waals surface area contributed by atoms with E-state index < -0.39 is 6.10 Å². The van der Waals surface area contributed by atoms with Crippen LogP contribution >= 0.6 is 0 Å². The maximum Gasteiger partial charge on any atom is 0.119 e. The molecule has 0 bridgehead atoms. The number of ether oxygens (including phenoxy) is 1. The average Bonchev–Trinajstić information content (AvgIpc) is 2.53. The first kappa shape index (κ1) is 14.6. The summed E-state index contributed by atoms with van der Waals surface area (Å²) < 4.78 is 5.55. The molecule has 106 valence electrons. The minimum atomic E-state index is -0.502. The molecule has 0 radical (unpaired) electrons. The molecule has 1 N–H and O–H groups in total. The lowest BCUT2D eigenvalue weighted by atomic mass is 9.91. The molecule has 0 heterocycles. The van der Waals surface area contributed by atoms with E-state index in [-0.39, 0.29) is 5.92 Å². The number of aliphatic hydroxyl groups is 1. The van der Waals surface area contributed by atoms with Crippen molar-refractivity contribution in [3.8, 4) is 5.75 Å². The van der Waals surface area contributed by atoms with Gasteiger partial charge in [0.05, 0.1) is 12.7 Å². The van der Waals surface area contributed by atoms with Crippen LogP contribution in [-0.2, 0) is 0 Å². The van der Waals surface area contributed by atoms with Gasteiger partial charge in [-0.1, -0.05) is 56.3 Å². The maximum absolute atomic E-state index is 10.5. The smallest absolute Gasteiger partial charge is 0.119 e. The zero-order chi connectivity index (χ0) is 14.4. The molecule has 2 heteroatoms. The molecular weight excluding hydrogens is 248 g/mol. The lowest BCUT2D eigenvalue weighted by molar-refractivity contribution is 0.151. The molecule has 0 aliphatic heterocycles. The Kier molecular flexibility index (Phi) is 5.19. The topological polar surface area (TPSA) is 29.5 Å². The molecule has 0 aromatic heterocycles. The third kappa shape index (κ3) is 3.61. The van der Waals surface area contributed by atoms with Crippen molar-refractivity contribution in [2.24, 2.45) is 0 Å². The van der Waals surface area contributed by atoms with Gasteiger partial charge in [0.25, 0.3) is 0 Å². The SMILES string of the molecule is CCCOc1ccc(C(O)C(C)c2ccccc2)cc1. The predicted molar refractivity (Wildman–Crippen MR) is 82.0 cm³/mol. The fourth-order valence-corrected chi connectivity index (χ4v) is 2.21. The largest absolute Gasteiger partial charge is 0.494 e. The Bertz CT molecular complexity index is 505. The second kappa shape index (κ2) is 7.11. The van der Waals surface area contributed by atoms with E-state index in [1.807, 2.05) is 61.5 Å². The number of aliphatic hydroxyl groups excluding tert-OH is 1. The van der Waals surface area contributed by atoms with E-state index >= 15 is 0 Å². The van der Waals surface area contributed by atoms with Crippen LogP contribution < -0.4 is 4.74 Å². The third-order valence-electron chi connectivity index (χ3n) is 3.49. The highest BCUT2D eigenvalue weighted by Gasteiger charge is 2.17. The zero-order valence-electron chi connectivity index (χ0n) is 12.1. The summed E-state index contributed by atoms with van der Waals surface area (Å²) in [4.78, 5) is 0. The standard InChI is InChI=1S/C18H22O2/c1-3-13-20-17-11-9-16(10-12-17)18(19)14(2)15-7-5-4-6-8-15/h4-12,14,18-19H,3,13H2,1-2H3. The molecule has 0 aliphatic carbocycles. The van der Waals surface area contributed by atoms with Crippen molar-refractivity contribution in [3.63, 3.8) is 0 Å². The van der Waals surface area contributed by atoms with Crippen molar-refractivity contribution >= 4 is 0 Å². The molecule has 0 spiro atoms. The zero-order valence-corrected chi connectivity index (χ0v) is 12.1. The van der Waals surface area contributed by atoms with Crippen molar-refractivity contribution in [2.75, 3.05) is 6.61 Å². The molecule has 2 unspecified atom stereocenters. The summed E-state index contributed by atoms with van der Waals surface area (Å²) in [6.45, 7) is 4.85. The van der Waals surface area contributed by atoms with E-state index in [2.05, 4.69) is 6.92 Å². The Morgan fingerprint density at radius 2 is 1.60 bits per heavy atom. The summed E-state index contributed by atoms with van der Waals surface area (Å²) in [6, 6.07) is 17.8. The Labute approximate surface area is 121 Å². The summed E-state index contributed by atoms with van der Waals surface area (Å²) in [7, 11) is 0. The van der Waals surface area contributed by atoms with Gasteiger partial charge in [-0.2, -0.15) is 0 Å². The molecule has 0 amide bonds. The van der Waals surface area contributed by atoms with Crippen molar-refractivity contribution in [1.29, 1.82) is 0 Å². The van der Waals surface area contributed by atoms with Gasteiger partial charge in [-0.25, -0.2) is 0 Å². The van der Waals surface area contributed by atoms with Crippen LogP contribution in [0, 0.1) is 0 Å². The monoisotopic (exact) mass is 270 g/mol. The van der Waals surface area contributed by atoms with Gasteiger partial charge in [0.1, 0.15) is 5.75 Å². The lowest BCUT2D eigenvalue weighted by Crippen LogP contribution is -2.07. The van der Waals surface area contributed by atoms with Gasteiger partial charge in [-0.15, -0.1) is 0 Å². The molecule has 20 heavy (non-hydrogen) atoms. The molecule has 2 aromatic carbocycles. The normalized spacial score (nSPS) is 13.8. The molecule has 2 aromatic rings. The van der Waals surface area contributed by atoms with Gasteiger partial charge >= 0.3 is 0 Å². The van der Waals surface area contributed by atoms with Gasteiger partial charge in [0.15, 0.2) is 0 Å². The number of benzene rings is 2. The van der Waals surface area contributed by atoms with Crippen LogP contribution in [0.1, 0.15) is 43.4 Å². The highest BCUT2D eigenvalue weighted by atomic mass is 16.5. The highest BCUT2D eigenvalue weighted by Crippen LogP contribution is 2.31. The van der Waals surface area contributed by atoms with E-state index in [0.717, 1.165) is 29.9 Å². The minimum Gasteiger partial charge on any atom is -0.494 e. The van der Waals surface area contributed by atoms with Gasteiger partial charge < -0.3 is 9.84 Å². The Morgan fingerprint density at radius 1 is 0.950 bits per heavy atom. The molecular formula is C18H22O2. The van der Waals surface area contributed by atoms with E-state index in [1.54, 1.807) is 0 Å². The molecule has 2 nitrogen and oxygen atoms in total. The van der Waals surface area contributed by atoms with E-state index in [9.17, 15) is 5.11 Å². The van der Waals surface area contributed by atoms with Crippen molar-refractivity contribution in [2.45, 2.75) is 32.3 Å². The van der Waals surface area contributed by atoms with Crippen LogP contribution in [0.5, 0.6) is 5.75 Å². The molecule has 0 aliphatic rings. The van der Waals surface area contributed by atoms with E-state index in [0.29, 0.717) is 0 Å². The maximum atomic E-state index is 10.5. The summed E-state index contributed by atoms with van der Waals surface area (Å²) in [5.74, 6) is 0.925. The molecule has 2 rings (SSSR count). The second-order valence-corrected chi connectivity index (χ2v) is 5.06. The molecule has 0 saturated heterocycles. The summed E-state index contributed by atoms with van der Waals surface area (Å²) >= 11 is 0. The van der Waals surface area contributed by atoms with Crippen LogP contribution in [0.4, 0.5) is 0 Å². The minimum absolute atomic E-state index is 0.0682. The van der Waals surface area contributed by atoms with Crippen LogP contribution in [-0.4, -0.2) is 11.7 Å². The van der Waals surface area contributed by atoms with Crippen LogP contribution in [0.2, 0.25) is 0 Å². The Balaban J connectivity index is 2.07. The fourth-order valence-electron chi connectivity index (χ4n) is 2.21. The predicted octanol–water partition coefficient (Wildman–Crippen LogP) is 4.31. The lowest BCUT2D eigenvalue weighted by Gasteiger charge is -2.20. The molecule has 0 fully saturated rings. The summed E-state index contributed by atoms with van der Waals surface area (Å²) in [5.41, 5.74) is 2.07. The van der Waals surface area contributed by atoms with E-state index in [4.69, 9.17) is 4.74 Å². The summed E-state index contributed by atoms with van der Waals surface area (Å²) in [6.07, 6.45) is 0.493. The molecule has 2 atom stereocenters. The first-order valence-corrected chi connectivity index (χ1v) is 7.18.